The summed E-state index contributed by atoms with van der Waals surface area (Å²) in [4.78, 5) is -0.206. The molecule has 112 valence electrons. The molecule has 1 unspecified atom stereocenters. The van der Waals surface area contributed by atoms with E-state index in [4.69, 9.17) is 0 Å². The molecule has 0 spiro atoms. The van der Waals surface area contributed by atoms with Gasteiger partial charge in [0.05, 0.1) is 0 Å². The number of thioether (sulfide) groups is 1. The van der Waals surface area contributed by atoms with Crippen LogP contribution < -0.4 is 0 Å². The van der Waals surface area contributed by atoms with Crippen LogP contribution in [-0.4, -0.2) is 36.8 Å². The first kappa shape index (κ1) is 15.8. The van der Waals surface area contributed by atoms with Crippen LogP contribution in [0.15, 0.2) is 29.2 Å². The molecule has 1 aromatic rings. The molecular weight excluding hydrogens is 297 g/mol. The number of hydrogen-bond donors (Lipinski definition) is 0. The number of benzene rings is 1. The summed E-state index contributed by atoms with van der Waals surface area (Å²) in [6.07, 6.45) is 2.90. The first-order valence-electron chi connectivity index (χ1n) is 6.92. The minimum atomic E-state index is -3.72. The summed E-state index contributed by atoms with van der Waals surface area (Å²) in [7, 11) is -3.72. The Morgan fingerprint density at radius 2 is 2.10 bits per heavy atom. The molecule has 1 fully saturated rings. The van der Waals surface area contributed by atoms with E-state index in [1.807, 2.05) is 0 Å². The molecule has 0 radical (unpaired) electrons. The molecule has 6 heteroatoms. The second-order valence-electron chi connectivity index (χ2n) is 4.87. The van der Waals surface area contributed by atoms with E-state index in [1.165, 1.54) is 22.5 Å². The van der Waals surface area contributed by atoms with E-state index < -0.39 is 15.8 Å². The Bertz CT molecular complexity index is 548. The van der Waals surface area contributed by atoms with Gasteiger partial charge in [0.2, 0.25) is 10.0 Å². The van der Waals surface area contributed by atoms with Crippen LogP contribution in [0.3, 0.4) is 0 Å². The van der Waals surface area contributed by atoms with Gasteiger partial charge in [-0.1, -0.05) is 25.5 Å². The fourth-order valence-corrected chi connectivity index (χ4v) is 5.23. The van der Waals surface area contributed by atoms with Gasteiger partial charge in [-0.2, -0.15) is 16.1 Å². The lowest BCUT2D eigenvalue weighted by molar-refractivity contribution is 0.422. The lowest BCUT2D eigenvalue weighted by atomic mass is 10.2. The van der Waals surface area contributed by atoms with E-state index in [9.17, 15) is 12.8 Å². The van der Waals surface area contributed by atoms with Crippen LogP contribution in [0.4, 0.5) is 4.39 Å². The molecule has 0 bridgehead atoms. The highest BCUT2D eigenvalue weighted by molar-refractivity contribution is 7.99. The maximum atomic E-state index is 13.8. The van der Waals surface area contributed by atoms with Crippen molar-refractivity contribution in [1.82, 2.24) is 4.31 Å². The van der Waals surface area contributed by atoms with Crippen LogP contribution in [0.5, 0.6) is 0 Å². The minimum Gasteiger partial charge on any atom is -0.207 e. The molecule has 1 aromatic carbocycles. The van der Waals surface area contributed by atoms with E-state index in [2.05, 4.69) is 6.92 Å². The van der Waals surface area contributed by atoms with Gasteiger partial charge >= 0.3 is 0 Å². The molecule has 0 N–H and O–H groups in total. The minimum absolute atomic E-state index is 0.206. The normalized spacial score (nSPS) is 21.6. The largest absolute Gasteiger partial charge is 0.246 e. The predicted octanol–water partition coefficient (Wildman–Crippen LogP) is 3.12. The van der Waals surface area contributed by atoms with Gasteiger partial charge in [-0.05, 0) is 30.7 Å². The van der Waals surface area contributed by atoms with Gasteiger partial charge in [0.1, 0.15) is 10.7 Å². The molecule has 0 aromatic heterocycles. The van der Waals surface area contributed by atoms with E-state index in [1.54, 1.807) is 17.8 Å². The van der Waals surface area contributed by atoms with Crippen LogP contribution in [0.25, 0.3) is 0 Å². The molecule has 3 nitrogen and oxygen atoms in total. The zero-order valence-electron chi connectivity index (χ0n) is 11.6. The van der Waals surface area contributed by atoms with Gasteiger partial charge in [-0.25, -0.2) is 12.8 Å². The number of nitrogens with zero attached hydrogens (tertiary/aromatic N) is 1. The van der Waals surface area contributed by atoms with E-state index in [0.29, 0.717) is 18.3 Å². The third-order valence-electron chi connectivity index (χ3n) is 3.45. The zero-order chi connectivity index (χ0) is 14.6. The molecule has 2 rings (SSSR count). The maximum Gasteiger partial charge on any atom is 0.246 e. The average Bonchev–Trinajstić information content (AvgIpc) is 2.65. The van der Waals surface area contributed by atoms with E-state index >= 15 is 0 Å². The Balaban J connectivity index is 2.26. The van der Waals surface area contributed by atoms with Crippen molar-refractivity contribution in [2.24, 2.45) is 0 Å². The first-order chi connectivity index (χ1) is 9.55. The van der Waals surface area contributed by atoms with Gasteiger partial charge in [-0.3, -0.25) is 0 Å². The number of halogens is 1. The topological polar surface area (TPSA) is 37.4 Å². The molecule has 1 saturated heterocycles. The highest BCUT2D eigenvalue weighted by atomic mass is 32.2. The van der Waals surface area contributed by atoms with Gasteiger partial charge in [0, 0.05) is 18.3 Å². The summed E-state index contributed by atoms with van der Waals surface area (Å²) >= 11 is 1.78. The Kier molecular flexibility index (Phi) is 5.46. The van der Waals surface area contributed by atoms with Crippen LogP contribution in [0.2, 0.25) is 0 Å². The third kappa shape index (κ3) is 3.54. The molecule has 1 aliphatic heterocycles. The van der Waals surface area contributed by atoms with Gasteiger partial charge in [0.25, 0.3) is 0 Å². The predicted molar refractivity (Wildman–Crippen MR) is 80.9 cm³/mol. The molecule has 0 aliphatic carbocycles. The summed E-state index contributed by atoms with van der Waals surface area (Å²) in [6.45, 7) is 3.04. The number of hydrogen-bond acceptors (Lipinski definition) is 3. The second-order valence-corrected chi connectivity index (χ2v) is 8.35. The van der Waals surface area contributed by atoms with Crippen molar-refractivity contribution in [2.75, 3.05) is 18.8 Å². The van der Waals surface area contributed by atoms with Crippen LogP contribution >= 0.6 is 11.8 Å². The first-order valence-corrected chi connectivity index (χ1v) is 9.41. The monoisotopic (exact) mass is 317 g/mol. The molecule has 1 atom stereocenters. The Morgan fingerprint density at radius 3 is 2.80 bits per heavy atom. The Morgan fingerprint density at radius 1 is 1.35 bits per heavy atom. The molecule has 1 aliphatic rings. The van der Waals surface area contributed by atoms with E-state index in [-0.39, 0.29) is 4.90 Å². The standard InChI is InChI=1S/C14H20FNO2S2/c1-2-19-12-7-5-6-10-16(11-12)20(17,18)14-9-4-3-8-13(14)15/h3-4,8-9,12H,2,5-7,10-11H2,1H3. The molecule has 0 saturated carbocycles. The fourth-order valence-electron chi connectivity index (χ4n) is 2.45. The zero-order valence-corrected chi connectivity index (χ0v) is 13.2. The van der Waals surface area contributed by atoms with Crippen molar-refractivity contribution in [3.63, 3.8) is 0 Å². The lowest BCUT2D eigenvalue weighted by Crippen LogP contribution is -2.36. The molecule has 0 amide bonds. The summed E-state index contributed by atoms with van der Waals surface area (Å²) in [5.41, 5.74) is 0. The summed E-state index contributed by atoms with van der Waals surface area (Å²) in [6, 6.07) is 5.61. The van der Waals surface area contributed by atoms with Crippen molar-refractivity contribution >= 4 is 21.8 Å². The van der Waals surface area contributed by atoms with Crippen molar-refractivity contribution < 1.29 is 12.8 Å². The maximum absolute atomic E-state index is 13.8. The van der Waals surface area contributed by atoms with E-state index in [0.717, 1.165) is 25.0 Å². The van der Waals surface area contributed by atoms with Crippen molar-refractivity contribution in [3.05, 3.63) is 30.1 Å². The number of rotatable bonds is 4. The second kappa shape index (κ2) is 6.91. The summed E-state index contributed by atoms with van der Waals surface area (Å²) < 4.78 is 40.4. The molecule has 20 heavy (non-hydrogen) atoms. The van der Waals surface area contributed by atoms with Gasteiger partial charge in [0.15, 0.2) is 0 Å². The van der Waals surface area contributed by atoms with Crippen LogP contribution in [0, 0.1) is 5.82 Å². The van der Waals surface area contributed by atoms with Crippen molar-refractivity contribution in [2.45, 2.75) is 36.3 Å². The average molecular weight is 317 g/mol. The third-order valence-corrected chi connectivity index (χ3v) is 6.54. The summed E-state index contributed by atoms with van der Waals surface area (Å²) in [5, 5.41) is 0.309. The van der Waals surface area contributed by atoms with Crippen molar-refractivity contribution in [1.29, 1.82) is 0 Å². The summed E-state index contributed by atoms with van der Waals surface area (Å²) in [5.74, 6) is 0.301. The smallest absolute Gasteiger partial charge is 0.207 e. The number of sulfonamides is 1. The van der Waals surface area contributed by atoms with Gasteiger partial charge in [-0.15, -0.1) is 0 Å². The van der Waals surface area contributed by atoms with Crippen molar-refractivity contribution in [3.8, 4) is 0 Å². The SMILES string of the molecule is CCSC1CCCCN(S(=O)(=O)c2ccccc2F)C1. The lowest BCUT2D eigenvalue weighted by Gasteiger charge is -2.23. The van der Waals surface area contributed by atoms with Crippen LogP contribution in [-0.2, 0) is 10.0 Å². The quantitative estimate of drug-likeness (QED) is 0.856. The Hall–Kier alpha value is -0.590. The Labute approximate surface area is 124 Å². The highest BCUT2D eigenvalue weighted by Crippen LogP contribution is 2.27. The molecule has 1 heterocycles. The highest BCUT2D eigenvalue weighted by Gasteiger charge is 2.30. The fraction of sp³-hybridized carbons (Fsp3) is 0.571. The van der Waals surface area contributed by atoms with Crippen LogP contribution in [0.1, 0.15) is 26.2 Å². The van der Waals surface area contributed by atoms with Gasteiger partial charge < -0.3 is 0 Å². The molecular formula is C14H20FNO2S2.